The molecular formula is C12H13BrFNO. The number of hydrogen-bond acceptors (Lipinski definition) is 1. The lowest BCUT2D eigenvalue weighted by atomic mass is 10.1. The molecule has 1 aliphatic rings. The standard InChI is InChI=1S/C12H13BrFNO/c13-10-4-3-9(7-11(10)14)8-12(16)15-5-1-2-6-15/h3-4,7H,1-2,5-6,8H2. The van der Waals surface area contributed by atoms with Gasteiger partial charge in [0.25, 0.3) is 0 Å². The lowest BCUT2D eigenvalue weighted by molar-refractivity contribution is -0.129. The van der Waals surface area contributed by atoms with Crippen LogP contribution in [0.5, 0.6) is 0 Å². The Morgan fingerprint density at radius 3 is 2.69 bits per heavy atom. The van der Waals surface area contributed by atoms with E-state index in [4.69, 9.17) is 0 Å². The molecule has 2 nitrogen and oxygen atoms in total. The van der Waals surface area contributed by atoms with E-state index in [-0.39, 0.29) is 11.7 Å². The second kappa shape index (κ2) is 4.95. The summed E-state index contributed by atoms with van der Waals surface area (Å²) in [5.41, 5.74) is 0.734. The molecule has 0 radical (unpaired) electrons. The Bertz CT molecular complexity index is 402. The molecule has 1 saturated heterocycles. The van der Waals surface area contributed by atoms with Crippen molar-refractivity contribution in [3.8, 4) is 0 Å². The van der Waals surface area contributed by atoms with Crippen LogP contribution < -0.4 is 0 Å². The third kappa shape index (κ3) is 2.61. The van der Waals surface area contributed by atoms with Gasteiger partial charge in [0, 0.05) is 13.1 Å². The Morgan fingerprint density at radius 2 is 2.06 bits per heavy atom. The van der Waals surface area contributed by atoms with Crippen LogP contribution in [0.2, 0.25) is 0 Å². The van der Waals surface area contributed by atoms with Crippen molar-refractivity contribution in [2.75, 3.05) is 13.1 Å². The van der Waals surface area contributed by atoms with E-state index in [1.54, 1.807) is 12.1 Å². The first kappa shape index (κ1) is 11.6. The summed E-state index contributed by atoms with van der Waals surface area (Å²) in [4.78, 5) is 13.6. The Labute approximate surface area is 103 Å². The van der Waals surface area contributed by atoms with Crippen LogP contribution in [0.25, 0.3) is 0 Å². The quantitative estimate of drug-likeness (QED) is 0.818. The number of carbonyl (C=O) groups is 1. The predicted molar refractivity (Wildman–Crippen MR) is 63.6 cm³/mol. The molecule has 0 saturated carbocycles. The fourth-order valence-electron chi connectivity index (χ4n) is 1.90. The highest BCUT2D eigenvalue weighted by Crippen LogP contribution is 2.17. The second-order valence-corrected chi connectivity index (χ2v) is 4.87. The van der Waals surface area contributed by atoms with Gasteiger partial charge < -0.3 is 4.90 Å². The van der Waals surface area contributed by atoms with E-state index in [1.165, 1.54) is 6.07 Å². The number of nitrogens with zero attached hydrogens (tertiary/aromatic N) is 1. The van der Waals surface area contributed by atoms with E-state index in [0.717, 1.165) is 31.5 Å². The third-order valence-corrected chi connectivity index (χ3v) is 3.44. The number of rotatable bonds is 2. The maximum Gasteiger partial charge on any atom is 0.226 e. The summed E-state index contributed by atoms with van der Waals surface area (Å²) in [5.74, 6) is -0.217. The molecule has 1 amide bonds. The van der Waals surface area contributed by atoms with Crippen LogP contribution in [0.3, 0.4) is 0 Å². The maximum atomic E-state index is 13.2. The topological polar surface area (TPSA) is 20.3 Å². The number of amides is 1. The minimum Gasteiger partial charge on any atom is -0.342 e. The lowest BCUT2D eigenvalue weighted by Gasteiger charge is -2.15. The first-order chi connectivity index (χ1) is 7.66. The number of likely N-dealkylation sites (tertiary alicyclic amines) is 1. The molecule has 0 N–H and O–H groups in total. The Balaban J connectivity index is 2.02. The monoisotopic (exact) mass is 285 g/mol. The van der Waals surface area contributed by atoms with Gasteiger partial charge in [0.15, 0.2) is 0 Å². The third-order valence-electron chi connectivity index (χ3n) is 2.80. The Morgan fingerprint density at radius 1 is 1.38 bits per heavy atom. The average Bonchev–Trinajstić information content (AvgIpc) is 2.77. The van der Waals surface area contributed by atoms with Gasteiger partial charge in [0.1, 0.15) is 5.82 Å². The summed E-state index contributed by atoms with van der Waals surface area (Å²) in [6.45, 7) is 1.69. The molecule has 0 aliphatic carbocycles. The number of benzene rings is 1. The summed E-state index contributed by atoms with van der Waals surface area (Å²) < 4.78 is 13.7. The molecular weight excluding hydrogens is 273 g/mol. The van der Waals surface area contributed by atoms with Gasteiger partial charge in [0.2, 0.25) is 5.91 Å². The molecule has 1 fully saturated rings. The molecule has 1 aromatic carbocycles. The molecule has 0 aromatic heterocycles. The Hall–Kier alpha value is -0.900. The van der Waals surface area contributed by atoms with Gasteiger partial charge in [0.05, 0.1) is 10.9 Å². The molecule has 0 atom stereocenters. The van der Waals surface area contributed by atoms with E-state index in [2.05, 4.69) is 15.9 Å². The molecule has 4 heteroatoms. The summed E-state index contributed by atoms with van der Waals surface area (Å²) in [6.07, 6.45) is 2.46. The van der Waals surface area contributed by atoms with Gasteiger partial charge in [-0.3, -0.25) is 4.79 Å². The van der Waals surface area contributed by atoms with Crippen molar-refractivity contribution in [1.82, 2.24) is 4.90 Å². The highest BCUT2D eigenvalue weighted by molar-refractivity contribution is 9.10. The van der Waals surface area contributed by atoms with E-state index in [0.29, 0.717) is 10.9 Å². The van der Waals surface area contributed by atoms with Crippen molar-refractivity contribution >= 4 is 21.8 Å². The van der Waals surface area contributed by atoms with Crippen LogP contribution in [-0.4, -0.2) is 23.9 Å². The minimum atomic E-state index is -0.313. The predicted octanol–water partition coefficient (Wildman–Crippen LogP) is 2.75. The largest absolute Gasteiger partial charge is 0.342 e. The van der Waals surface area contributed by atoms with Crippen molar-refractivity contribution in [1.29, 1.82) is 0 Å². The zero-order chi connectivity index (χ0) is 11.5. The normalized spacial score (nSPS) is 15.5. The summed E-state index contributed by atoms with van der Waals surface area (Å²) in [7, 11) is 0. The zero-order valence-electron chi connectivity index (χ0n) is 8.88. The number of hydrogen-bond donors (Lipinski definition) is 0. The van der Waals surface area contributed by atoms with Crippen molar-refractivity contribution in [2.24, 2.45) is 0 Å². The molecule has 0 bridgehead atoms. The number of halogens is 2. The molecule has 2 rings (SSSR count). The van der Waals surface area contributed by atoms with Gasteiger partial charge in [-0.15, -0.1) is 0 Å². The van der Waals surface area contributed by atoms with Crippen molar-refractivity contribution in [3.05, 3.63) is 34.1 Å². The van der Waals surface area contributed by atoms with Crippen molar-refractivity contribution < 1.29 is 9.18 Å². The fraction of sp³-hybridized carbons (Fsp3) is 0.417. The van der Waals surface area contributed by atoms with Gasteiger partial charge in [-0.05, 0) is 46.5 Å². The summed E-state index contributed by atoms with van der Waals surface area (Å²) in [5, 5.41) is 0. The van der Waals surface area contributed by atoms with Crippen molar-refractivity contribution in [2.45, 2.75) is 19.3 Å². The number of carbonyl (C=O) groups excluding carboxylic acids is 1. The second-order valence-electron chi connectivity index (χ2n) is 4.01. The van der Waals surface area contributed by atoms with E-state index in [1.807, 2.05) is 4.90 Å². The van der Waals surface area contributed by atoms with E-state index < -0.39 is 0 Å². The first-order valence-electron chi connectivity index (χ1n) is 5.38. The van der Waals surface area contributed by atoms with Crippen LogP contribution in [0.1, 0.15) is 18.4 Å². The molecule has 1 heterocycles. The lowest BCUT2D eigenvalue weighted by Crippen LogP contribution is -2.29. The smallest absolute Gasteiger partial charge is 0.226 e. The highest BCUT2D eigenvalue weighted by Gasteiger charge is 2.18. The SMILES string of the molecule is O=C(Cc1ccc(Br)c(F)c1)N1CCCC1. The van der Waals surface area contributed by atoms with Gasteiger partial charge in [-0.1, -0.05) is 6.07 Å². The van der Waals surface area contributed by atoms with Gasteiger partial charge >= 0.3 is 0 Å². The first-order valence-corrected chi connectivity index (χ1v) is 6.18. The highest BCUT2D eigenvalue weighted by atomic mass is 79.9. The van der Waals surface area contributed by atoms with E-state index in [9.17, 15) is 9.18 Å². The van der Waals surface area contributed by atoms with Gasteiger partial charge in [-0.2, -0.15) is 0 Å². The van der Waals surface area contributed by atoms with Gasteiger partial charge in [-0.25, -0.2) is 4.39 Å². The molecule has 1 aromatic rings. The zero-order valence-corrected chi connectivity index (χ0v) is 10.5. The van der Waals surface area contributed by atoms with Crippen LogP contribution in [0, 0.1) is 5.82 Å². The molecule has 1 aliphatic heterocycles. The minimum absolute atomic E-state index is 0.0965. The van der Waals surface area contributed by atoms with Crippen LogP contribution in [0.4, 0.5) is 4.39 Å². The molecule has 86 valence electrons. The fourth-order valence-corrected chi connectivity index (χ4v) is 2.15. The molecule has 0 unspecified atom stereocenters. The maximum absolute atomic E-state index is 13.2. The molecule has 0 spiro atoms. The Kier molecular flexibility index (Phi) is 3.59. The summed E-state index contributed by atoms with van der Waals surface area (Å²) in [6, 6.07) is 4.83. The average molecular weight is 286 g/mol. The van der Waals surface area contributed by atoms with Crippen LogP contribution in [-0.2, 0) is 11.2 Å². The summed E-state index contributed by atoms with van der Waals surface area (Å²) >= 11 is 3.09. The van der Waals surface area contributed by atoms with Crippen LogP contribution >= 0.6 is 15.9 Å². The van der Waals surface area contributed by atoms with E-state index >= 15 is 0 Å². The molecule has 16 heavy (non-hydrogen) atoms. The van der Waals surface area contributed by atoms with Crippen LogP contribution in [0.15, 0.2) is 22.7 Å². The van der Waals surface area contributed by atoms with Crippen molar-refractivity contribution in [3.63, 3.8) is 0 Å².